The molecule has 0 radical (unpaired) electrons. The van der Waals surface area contributed by atoms with Gasteiger partial charge in [0.05, 0.1) is 25.3 Å². The minimum Gasteiger partial charge on any atom is -0.503 e. The van der Waals surface area contributed by atoms with Crippen molar-refractivity contribution in [3.63, 3.8) is 0 Å². The number of unbranched alkanes of at least 4 members (excludes halogenated alkanes) is 1. The monoisotopic (exact) mass is 497 g/mol. The Kier molecular flexibility index (Phi) is 7.36. The predicted molar refractivity (Wildman–Crippen MR) is 133 cm³/mol. The number of hydrogen-bond acceptors (Lipinski definition) is 6. The Morgan fingerprint density at radius 1 is 1.17 bits per heavy atom. The summed E-state index contributed by atoms with van der Waals surface area (Å²) in [6, 6.07) is 11.3. The third-order valence-corrected chi connectivity index (χ3v) is 6.16. The summed E-state index contributed by atoms with van der Waals surface area (Å²) >= 11 is 6.16. The number of carbonyl (C=O) groups excluding carboxylic acids is 2. The maximum atomic E-state index is 13.7. The van der Waals surface area contributed by atoms with Gasteiger partial charge in [0.15, 0.2) is 22.9 Å². The number of Topliss-reactive ketones (excluding diaryl/α,β-unsaturated/α-hetero) is 1. The van der Waals surface area contributed by atoms with Crippen LogP contribution < -0.4 is 9.47 Å². The van der Waals surface area contributed by atoms with Crippen molar-refractivity contribution in [1.82, 2.24) is 4.90 Å². The van der Waals surface area contributed by atoms with E-state index in [-0.39, 0.29) is 11.3 Å². The molecule has 1 atom stereocenters. The number of nitrogens with zero attached hydrogens (tertiary/aromatic N) is 1. The molecule has 0 saturated heterocycles. The van der Waals surface area contributed by atoms with Crippen molar-refractivity contribution in [3.05, 3.63) is 70.1 Å². The van der Waals surface area contributed by atoms with E-state index in [4.69, 9.17) is 25.5 Å². The maximum absolute atomic E-state index is 13.7. The normalized spacial score (nSPS) is 15.8. The van der Waals surface area contributed by atoms with Gasteiger partial charge in [0.1, 0.15) is 5.75 Å². The minimum atomic E-state index is -0.773. The van der Waals surface area contributed by atoms with Gasteiger partial charge in [-0.3, -0.25) is 9.59 Å². The summed E-state index contributed by atoms with van der Waals surface area (Å²) < 4.78 is 17.0. The number of halogens is 1. The zero-order valence-corrected chi connectivity index (χ0v) is 20.7. The highest BCUT2D eigenvalue weighted by Crippen LogP contribution is 2.41. The molecule has 1 aliphatic heterocycles. The summed E-state index contributed by atoms with van der Waals surface area (Å²) in [5.74, 6) is -0.725. The molecule has 184 valence electrons. The summed E-state index contributed by atoms with van der Waals surface area (Å²) in [4.78, 5) is 28.3. The van der Waals surface area contributed by atoms with Crippen LogP contribution in [0.4, 0.5) is 0 Å². The number of benzene rings is 2. The molecule has 2 aromatic carbocycles. The quantitative estimate of drug-likeness (QED) is 0.332. The van der Waals surface area contributed by atoms with E-state index in [9.17, 15) is 14.7 Å². The molecule has 7 nitrogen and oxygen atoms in total. The zero-order chi connectivity index (χ0) is 25.1. The second-order valence-corrected chi connectivity index (χ2v) is 8.84. The number of fused-ring (bicyclic) bond motifs is 1. The van der Waals surface area contributed by atoms with Gasteiger partial charge in [-0.15, -0.1) is 0 Å². The predicted octanol–water partition coefficient (Wildman–Crippen LogP) is 6.26. The lowest BCUT2D eigenvalue weighted by Crippen LogP contribution is -2.32. The van der Waals surface area contributed by atoms with Crippen LogP contribution in [0.2, 0.25) is 5.02 Å². The number of hydrogen-bond donors (Lipinski definition) is 1. The first kappa shape index (κ1) is 24.7. The molecule has 0 fully saturated rings. The summed E-state index contributed by atoms with van der Waals surface area (Å²) in [7, 11) is 1.48. The second kappa shape index (κ2) is 10.4. The van der Waals surface area contributed by atoms with E-state index in [1.54, 1.807) is 24.3 Å². The molecule has 1 amide bonds. The molecule has 1 aromatic heterocycles. The first-order valence-electron chi connectivity index (χ1n) is 11.7. The van der Waals surface area contributed by atoms with Gasteiger partial charge in [-0.1, -0.05) is 44.0 Å². The largest absolute Gasteiger partial charge is 0.503 e. The number of methoxy groups -OCH3 is 1. The molecule has 35 heavy (non-hydrogen) atoms. The summed E-state index contributed by atoms with van der Waals surface area (Å²) in [6.45, 7) is 4.97. The lowest BCUT2D eigenvalue weighted by Gasteiger charge is -2.27. The average Bonchev–Trinajstić information content (AvgIpc) is 3.39. The summed E-state index contributed by atoms with van der Waals surface area (Å²) in [6.07, 6.45) is 2.42. The highest BCUT2D eigenvalue weighted by atomic mass is 35.5. The van der Waals surface area contributed by atoms with Crippen molar-refractivity contribution < 1.29 is 28.6 Å². The van der Waals surface area contributed by atoms with Crippen LogP contribution in [-0.4, -0.2) is 42.0 Å². The fourth-order valence-electron chi connectivity index (χ4n) is 4.27. The minimum absolute atomic E-state index is 0.0179. The molecular weight excluding hydrogens is 470 g/mol. The van der Waals surface area contributed by atoms with Crippen LogP contribution in [0.3, 0.4) is 0 Å². The van der Waals surface area contributed by atoms with Crippen LogP contribution >= 0.6 is 11.6 Å². The number of aliphatic hydroxyl groups excluding tert-OH is 1. The number of ketones is 1. The SMILES string of the molecule is CCCCN1C(=O)C(O)=C(C(=O)c2cc3cc(Cl)cc(OC)c3o2)C1c1cccc(OCCC)c1. The zero-order valence-electron chi connectivity index (χ0n) is 20.0. The van der Waals surface area contributed by atoms with Gasteiger partial charge in [0, 0.05) is 23.0 Å². The second-order valence-electron chi connectivity index (χ2n) is 8.40. The number of ether oxygens (including phenoxy) is 2. The molecule has 1 N–H and O–H groups in total. The highest BCUT2D eigenvalue weighted by molar-refractivity contribution is 6.31. The lowest BCUT2D eigenvalue weighted by molar-refractivity contribution is -0.129. The van der Waals surface area contributed by atoms with Crippen LogP contribution in [0.25, 0.3) is 11.0 Å². The molecular formula is C27H28ClNO6. The van der Waals surface area contributed by atoms with Crippen LogP contribution in [0, 0.1) is 0 Å². The Balaban J connectivity index is 1.80. The Labute approximate surface area is 208 Å². The third-order valence-electron chi connectivity index (χ3n) is 5.94. The van der Waals surface area contributed by atoms with E-state index < -0.39 is 23.5 Å². The molecule has 0 bridgehead atoms. The van der Waals surface area contributed by atoms with Crippen molar-refractivity contribution in [2.75, 3.05) is 20.3 Å². The molecule has 3 aromatic rings. The summed E-state index contributed by atoms with van der Waals surface area (Å²) in [5.41, 5.74) is 1.01. The van der Waals surface area contributed by atoms with Gasteiger partial charge < -0.3 is 23.9 Å². The van der Waals surface area contributed by atoms with E-state index in [0.717, 1.165) is 19.3 Å². The van der Waals surface area contributed by atoms with Crippen LogP contribution in [-0.2, 0) is 4.79 Å². The first-order chi connectivity index (χ1) is 16.9. The van der Waals surface area contributed by atoms with Crippen molar-refractivity contribution in [2.45, 2.75) is 39.2 Å². The third kappa shape index (κ3) is 4.73. The molecule has 0 saturated carbocycles. The number of furan rings is 1. The lowest BCUT2D eigenvalue weighted by atomic mass is 9.94. The number of aliphatic hydroxyl groups is 1. The van der Waals surface area contributed by atoms with Crippen molar-refractivity contribution in [3.8, 4) is 11.5 Å². The Bertz CT molecular complexity index is 1290. The van der Waals surface area contributed by atoms with Crippen molar-refractivity contribution in [2.24, 2.45) is 0 Å². The molecule has 4 rings (SSSR count). The van der Waals surface area contributed by atoms with Crippen molar-refractivity contribution in [1.29, 1.82) is 0 Å². The van der Waals surface area contributed by atoms with Crippen LogP contribution in [0.15, 0.2) is 58.2 Å². The fourth-order valence-corrected chi connectivity index (χ4v) is 4.48. The molecule has 8 heteroatoms. The number of amides is 1. The van der Waals surface area contributed by atoms with E-state index in [2.05, 4.69) is 0 Å². The summed E-state index contributed by atoms with van der Waals surface area (Å²) in [5, 5.41) is 11.9. The smallest absolute Gasteiger partial charge is 0.290 e. The standard InChI is InChI=1S/C27H28ClNO6/c1-4-6-10-29-23(16-8-7-9-19(13-16)34-11-5-2)22(25(31)27(29)32)24(30)20-14-17-12-18(28)15-21(33-3)26(17)35-20/h7-9,12-15,23,31H,4-6,10-11H2,1-3H3. The maximum Gasteiger partial charge on any atom is 0.290 e. The van der Waals surface area contributed by atoms with E-state index in [1.165, 1.54) is 12.0 Å². The van der Waals surface area contributed by atoms with E-state index in [1.807, 2.05) is 32.0 Å². The fraction of sp³-hybridized carbons (Fsp3) is 0.333. The van der Waals surface area contributed by atoms with Gasteiger partial charge in [-0.05, 0) is 42.7 Å². The molecule has 1 unspecified atom stereocenters. The number of rotatable bonds is 10. The molecule has 0 aliphatic carbocycles. The average molecular weight is 498 g/mol. The van der Waals surface area contributed by atoms with Gasteiger partial charge >= 0.3 is 0 Å². The molecule has 1 aliphatic rings. The first-order valence-corrected chi connectivity index (χ1v) is 12.1. The van der Waals surface area contributed by atoms with Gasteiger partial charge in [0.25, 0.3) is 5.91 Å². The van der Waals surface area contributed by atoms with E-state index in [0.29, 0.717) is 46.2 Å². The Hall–Kier alpha value is -3.45. The number of carbonyl (C=O) groups is 2. The van der Waals surface area contributed by atoms with Crippen molar-refractivity contribution >= 4 is 34.3 Å². The Morgan fingerprint density at radius 3 is 2.69 bits per heavy atom. The Morgan fingerprint density at radius 2 is 1.97 bits per heavy atom. The van der Waals surface area contributed by atoms with Gasteiger partial charge in [-0.2, -0.15) is 0 Å². The molecule has 0 spiro atoms. The van der Waals surface area contributed by atoms with Gasteiger partial charge in [0.2, 0.25) is 5.78 Å². The van der Waals surface area contributed by atoms with E-state index >= 15 is 0 Å². The topological polar surface area (TPSA) is 89.2 Å². The highest BCUT2D eigenvalue weighted by Gasteiger charge is 2.44. The van der Waals surface area contributed by atoms with Crippen LogP contribution in [0.5, 0.6) is 11.5 Å². The van der Waals surface area contributed by atoms with Crippen LogP contribution in [0.1, 0.15) is 55.3 Å². The molecule has 2 heterocycles. The van der Waals surface area contributed by atoms with Gasteiger partial charge in [-0.25, -0.2) is 0 Å².